The monoisotopic (exact) mass is 441 g/mol. The average molecular weight is 442 g/mol. The van der Waals surface area contributed by atoms with E-state index in [0.717, 1.165) is 31.4 Å². The van der Waals surface area contributed by atoms with Gasteiger partial charge in [-0.1, -0.05) is 29.3 Å². The second kappa shape index (κ2) is 13.1. The zero-order chi connectivity index (χ0) is 21.1. The van der Waals surface area contributed by atoms with Gasteiger partial charge in [-0.3, -0.25) is 4.79 Å². The molecule has 0 bridgehead atoms. The van der Waals surface area contributed by atoms with Crippen LogP contribution in [0.15, 0.2) is 18.2 Å². The van der Waals surface area contributed by atoms with Gasteiger partial charge in [0.15, 0.2) is 6.29 Å². The molecule has 0 N–H and O–H groups in total. The Morgan fingerprint density at radius 1 is 1.28 bits per heavy atom. The van der Waals surface area contributed by atoms with E-state index in [0.29, 0.717) is 48.9 Å². The number of esters is 1. The highest BCUT2D eigenvalue weighted by Gasteiger charge is 2.23. The molecule has 2 rings (SSSR count). The summed E-state index contributed by atoms with van der Waals surface area (Å²) in [6, 6.07) is 7.70. The molecule has 0 saturated carbocycles. The molecule has 0 aliphatic carbocycles. The number of hydrogen-bond acceptors (Lipinski definition) is 5. The van der Waals surface area contributed by atoms with Gasteiger partial charge in [0.2, 0.25) is 0 Å². The first-order valence-electron chi connectivity index (χ1n) is 10.3. The number of carbonyl (C=O) groups excluding carboxylic acids is 1. The standard InChI is InChI=1S/C22H29Cl2NO4/c1-2-27-22(26)18(13-17-7-9-19(23)20(24)14-17)8-6-16(15-25)10-12-29-21-5-3-4-11-28-21/h7,9,14,16,18,21H,2-6,8,10-13H2,1H3. The second-order valence-corrected chi connectivity index (χ2v) is 8.07. The van der Waals surface area contributed by atoms with Crippen LogP contribution in [-0.4, -0.2) is 32.1 Å². The first kappa shape index (κ1) is 24.0. The van der Waals surface area contributed by atoms with Crippen molar-refractivity contribution in [2.45, 2.75) is 58.2 Å². The maximum Gasteiger partial charge on any atom is 0.309 e. The van der Waals surface area contributed by atoms with Gasteiger partial charge < -0.3 is 14.2 Å². The largest absolute Gasteiger partial charge is 0.466 e. The van der Waals surface area contributed by atoms with E-state index in [1.54, 1.807) is 19.1 Å². The van der Waals surface area contributed by atoms with E-state index in [1.807, 2.05) is 6.07 Å². The lowest BCUT2D eigenvalue weighted by Crippen LogP contribution is -2.24. The summed E-state index contributed by atoms with van der Waals surface area (Å²) in [4.78, 5) is 12.4. The average Bonchev–Trinajstić information content (AvgIpc) is 2.73. The topological polar surface area (TPSA) is 68.6 Å². The van der Waals surface area contributed by atoms with Crippen LogP contribution in [0, 0.1) is 23.2 Å². The molecular weight excluding hydrogens is 413 g/mol. The summed E-state index contributed by atoms with van der Waals surface area (Å²) in [6.07, 6.45) is 5.25. The van der Waals surface area contributed by atoms with Gasteiger partial charge in [-0.15, -0.1) is 0 Å². The van der Waals surface area contributed by atoms with E-state index in [1.165, 1.54) is 0 Å². The zero-order valence-electron chi connectivity index (χ0n) is 16.9. The van der Waals surface area contributed by atoms with Crippen LogP contribution in [0.1, 0.15) is 51.0 Å². The number of rotatable bonds is 11. The Hall–Kier alpha value is -1.32. The van der Waals surface area contributed by atoms with Gasteiger partial charge in [0.05, 0.1) is 35.2 Å². The Balaban J connectivity index is 1.86. The van der Waals surface area contributed by atoms with Crippen LogP contribution < -0.4 is 0 Å². The van der Waals surface area contributed by atoms with Crippen molar-refractivity contribution < 1.29 is 19.0 Å². The van der Waals surface area contributed by atoms with Crippen LogP contribution in [0.2, 0.25) is 10.0 Å². The summed E-state index contributed by atoms with van der Waals surface area (Å²) in [5.41, 5.74) is 0.920. The molecule has 0 aromatic heterocycles. The Morgan fingerprint density at radius 3 is 2.76 bits per heavy atom. The van der Waals surface area contributed by atoms with E-state index in [2.05, 4.69) is 6.07 Å². The van der Waals surface area contributed by atoms with E-state index < -0.39 is 0 Å². The van der Waals surface area contributed by atoms with Gasteiger partial charge in [0.25, 0.3) is 0 Å². The number of carbonyl (C=O) groups is 1. The molecule has 1 heterocycles. The number of benzene rings is 1. The predicted molar refractivity (Wildman–Crippen MR) is 113 cm³/mol. The van der Waals surface area contributed by atoms with Gasteiger partial charge in [0, 0.05) is 12.5 Å². The molecule has 0 spiro atoms. The second-order valence-electron chi connectivity index (χ2n) is 7.26. The molecular formula is C22H29Cl2NO4. The summed E-state index contributed by atoms with van der Waals surface area (Å²) in [7, 11) is 0. The molecule has 160 valence electrons. The third kappa shape index (κ3) is 8.52. The van der Waals surface area contributed by atoms with Gasteiger partial charge in [-0.2, -0.15) is 5.26 Å². The third-order valence-corrected chi connectivity index (χ3v) is 5.78. The van der Waals surface area contributed by atoms with Crippen LogP contribution >= 0.6 is 23.2 Å². The maximum atomic E-state index is 12.4. The molecule has 7 heteroatoms. The Labute approximate surface area is 183 Å². The minimum Gasteiger partial charge on any atom is -0.466 e. The molecule has 0 amide bonds. The van der Waals surface area contributed by atoms with Crippen LogP contribution in [-0.2, 0) is 25.4 Å². The van der Waals surface area contributed by atoms with Crippen molar-refractivity contribution in [1.82, 2.24) is 0 Å². The molecule has 1 aliphatic rings. The normalized spacial score (nSPS) is 18.6. The van der Waals surface area contributed by atoms with Gasteiger partial charge in [0.1, 0.15) is 0 Å². The van der Waals surface area contributed by atoms with Gasteiger partial charge in [-0.25, -0.2) is 0 Å². The molecule has 1 aromatic rings. The Kier molecular flexibility index (Phi) is 10.8. The minimum atomic E-state index is -0.328. The highest BCUT2D eigenvalue weighted by Crippen LogP contribution is 2.26. The van der Waals surface area contributed by atoms with E-state index in [-0.39, 0.29) is 24.1 Å². The lowest BCUT2D eigenvalue weighted by Gasteiger charge is -2.23. The summed E-state index contributed by atoms with van der Waals surface area (Å²) in [5, 5.41) is 10.4. The van der Waals surface area contributed by atoms with Crippen LogP contribution in [0.5, 0.6) is 0 Å². The molecule has 0 radical (unpaired) electrons. The first-order valence-corrected chi connectivity index (χ1v) is 11.0. The van der Waals surface area contributed by atoms with E-state index in [4.69, 9.17) is 37.4 Å². The third-order valence-electron chi connectivity index (χ3n) is 5.04. The highest BCUT2D eigenvalue weighted by molar-refractivity contribution is 6.42. The Morgan fingerprint density at radius 2 is 2.10 bits per heavy atom. The zero-order valence-corrected chi connectivity index (χ0v) is 18.4. The predicted octanol–water partition coefficient (Wildman–Crippen LogP) is 5.57. The fourth-order valence-corrected chi connectivity index (χ4v) is 3.70. The van der Waals surface area contributed by atoms with Crippen molar-refractivity contribution in [3.63, 3.8) is 0 Å². The number of hydrogen-bond donors (Lipinski definition) is 0. The number of halogens is 2. The van der Waals surface area contributed by atoms with E-state index >= 15 is 0 Å². The van der Waals surface area contributed by atoms with Crippen molar-refractivity contribution in [2.24, 2.45) is 11.8 Å². The molecule has 1 saturated heterocycles. The lowest BCUT2D eigenvalue weighted by atomic mass is 9.90. The fourth-order valence-electron chi connectivity index (χ4n) is 3.37. The highest BCUT2D eigenvalue weighted by atomic mass is 35.5. The van der Waals surface area contributed by atoms with Gasteiger partial charge in [-0.05, 0) is 69.6 Å². The number of nitriles is 1. The lowest BCUT2D eigenvalue weighted by molar-refractivity contribution is -0.163. The number of ether oxygens (including phenoxy) is 3. The molecule has 5 nitrogen and oxygen atoms in total. The quantitative estimate of drug-likeness (QED) is 0.419. The summed E-state index contributed by atoms with van der Waals surface area (Å²) in [5.74, 6) is -0.753. The molecule has 1 fully saturated rings. The van der Waals surface area contributed by atoms with E-state index in [9.17, 15) is 10.1 Å². The van der Waals surface area contributed by atoms with Crippen LogP contribution in [0.3, 0.4) is 0 Å². The van der Waals surface area contributed by atoms with Crippen LogP contribution in [0.4, 0.5) is 0 Å². The molecule has 1 aromatic carbocycles. The van der Waals surface area contributed by atoms with Crippen molar-refractivity contribution in [2.75, 3.05) is 19.8 Å². The number of nitrogens with zero attached hydrogens (tertiary/aromatic N) is 1. The fraction of sp³-hybridized carbons (Fsp3) is 0.636. The molecule has 3 unspecified atom stereocenters. The van der Waals surface area contributed by atoms with Crippen molar-refractivity contribution >= 4 is 29.2 Å². The summed E-state index contributed by atoms with van der Waals surface area (Å²) < 4.78 is 16.5. The van der Waals surface area contributed by atoms with Crippen molar-refractivity contribution in [1.29, 1.82) is 5.26 Å². The molecule has 3 atom stereocenters. The van der Waals surface area contributed by atoms with Crippen molar-refractivity contribution in [3.05, 3.63) is 33.8 Å². The Bertz CT molecular complexity index is 686. The SMILES string of the molecule is CCOC(=O)C(CCC(C#N)CCOC1CCCCO1)Cc1ccc(Cl)c(Cl)c1. The summed E-state index contributed by atoms with van der Waals surface area (Å²) >= 11 is 12.1. The van der Waals surface area contributed by atoms with Crippen LogP contribution in [0.25, 0.3) is 0 Å². The smallest absolute Gasteiger partial charge is 0.309 e. The minimum absolute atomic E-state index is 0.148. The van der Waals surface area contributed by atoms with Gasteiger partial charge >= 0.3 is 5.97 Å². The first-order chi connectivity index (χ1) is 14.0. The molecule has 1 aliphatic heterocycles. The van der Waals surface area contributed by atoms with Crippen molar-refractivity contribution in [3.8, 4) is 6.07 Å². The molecule has 29 heavy (non-hydrogen) atoms. The maximum absolute atomic E-state index is 12.4. The summed E-state index contributed by atoms with van der Waals surface area (Å²) in [6.45, 7) is 3.34.